The Bertz CT molecular complexity index is 507. The van der Waals surface area contributed by atoms with Crippen LogP contribution in [0, 0.1) is 10.1 Å². The maximum Gasteiger partial charge on any atom is 0.278 e. The van der Waals surface area contributed by atoms with E-state index in [1.165, 1.54) is 6.07 Å². The molecular formula is C10H9FN2O2. The van der Waals surface area contributed by atoms with Gasteiger partial charge in [-0.2, -0.15) is 0 Å². The van der Waals surface area contributed by atoms with E-state index in [0.717, 1.165) is 0 Å². The third-order valence-corrected chi connectivity index (χ3v) is 2.31. The molecule has 0 unspecified atom stereocenters. The first-order chi connectivity index (χ1) is 7.24. The fourth-order valence-electron chi connectivity index (χ4n) is 1.65. The third-order valence-electron chi connectivity index (χ3n) is 2.31. The fourth-order valence-corrected chi connectivity index (χ4v) is 1.65. The van der Waals surface area contributed by atoms with Crippen LogP contribution in [0.2, 0.25) is 0 Å². The zero-order chi connectivity index (χ0) is 10.8. The Morgan fingerprint density at radius 1 is 1.40 bits per heavy atom. The lowest BCUT2D eigenvalue weighted by atomic mass is 10.2. The van der Waals surface area contributed by atoms with Gasteiger partial charge in [0.25, 0.3) is 5.69 Å². The summed E-state index contributed by atoms with van der Waals surface area (Å²) in [6, 6.07) is 6.44. The molecule has 0 spiro atoms. The second-order valence-corrected chi connectivity index (χ2v) is 3.17. The van der Waals surface area contributed by atoms with Crippen molar-refractivity contribution in [2.75, 3.05) is 6.67 Å². The van der Waals surface area contributed by atoms with Crippen molar-refractivity contribution in [3.05, 3.63) is 40.6 Å². The van der Waals surface area contributed by atoms with Crippen molar-refractivity contribution in [2.24, 2.45) is 0 Å². The van der Waals surface area contributed by atoms with Gasteiger partial charge in [-0.3, -0.25) is 10.1 Å². The average Bonchev–Trinajstić information content (AvgIpc) is 2.62. The number of alkyl halides is 1. The smallest absolute Gasteiger partial charge is 0.278 e. The quantitative estimate of drug-likeness (QED) is 0.574. The van der Waals surface area contributed by atoms with Crippen LogP contribution in [-0.2, 0) is 6.54 Å². The van der Waals surface area contributed by atoms with Gasteiger partial charge in [-0.25, -0.2) is 4.39 Å². The molecular weight excluding hydrogens is 199 g/mol. The lowest BCUT2D eigenvalue weighted by molar-refractivity contribution is -0.383. The topological polar surface area (TPSA) is 48.1 Å². The summed E-state index contributed by atoms with van der Waals surface area (Å²) in [4.78, 5) is 10.3. The Morgan fingerprint density at radius 3 is 2.87 bits per heavy atom. The molecule has 0 aliphatic rings. The molecule has 5 heteroatoms. The minimum Gasteiger partial charge on any atom is -0.345 e. The number of fused-ring (bicyclic) bond motifs is 1. The summed E-state index contributed by atoms with van der Waals surface area (Å²) in [5.74, 6) is 0. The zero-order valence-corrected chi connectivity index (χ0v) is 7.89. The molecule has 0 atom stereocenters. The van der Waals surface area contributed by atoms with E-state index >= 15 is 0 Å². The van der Waals surface area contributed by atoms with Crippen LogP contribution in [0.4, 0.5) is 10.1 Å². The maximum absolute atomic E-state index is 12.2. The van der Waals surface area contributed by atoms with Crippen molar-refractivity contribution in [1.82, 2.24) is 4.57 Å². The van der Waals surface area contributed by atoms with E-state index in [2.05, 4.69) is 0 Å². The highest BCUT2D eigenvalue weighted by Gasteiger charge is 2.13. The minimum atomic E-state index is -0.480. The number of hydrogen-bond acceptors (Lipinski definition) is 2. The molecule has 1 heterocycles. The number of non-ortho nitro benzene ring substituents is 1. The SMILES string of the molecule is O=[N+]([O-])c1cccc2c1ccn2CCF. The predicted molar refractivity (Wildman–Crippen MR) is 54.6 cm³/mol. The van der Waals surface area contributed by atoms with Crippen molar-refractivity contribution in [3.63, 3.8) is 0 Å². The van der Waals surface area contributed by atoms with Gasteiger partial charge in [0.15, 0.2) is 0 Å². The van der Waals surface area contributed by atoms with E-state index in [9.17, 15) is 14.5 Å². The summed E-state index contributed by atoms with van der Waals surface area (Å²) >= 11 is 0. The molecule has 1 aromatic heterocycles. The monoisotopic (exact) mass is 208 g/mol. The van der Waals surface area contributed by atoms with Gasteiger partial charge in [0, 0.05) is 12.3 Å². The lowest BCUT2D eigenvalue weighted by Crippen LogP contribution is -1.97. The molecule has 0 saturated carbocycles. The zero-order valence-electron chi connectivity index (χ0n) is 7.89. The number of nitro groups is 1. The van der Waals surface area contributed by atoms with Gasteiger partial charge in [0.1, 0.15) is 6.67 Å². The number of halogens is 1. The highest BCUT2D eigenvalue weighted by atomic mass is 19.1. The largest absolute Gasteiger partial charge is 0.345 e. The van der Waals surface area contributed by atoms with Crippen molar-refractivity contribution >= 4 is 16.6 Å². The van der Waals surface area contributed by atoms with Gasteiger partial charge in [0.05, 0.1) is 22.4 Å². The van der Waals surface area contributed by atoms with E-state index in [-0.39, 0.29) is 12.2 Å². The molecule has 0 amide bonds. The average molecular weight is 208 g/mol. The molecule has 0 aliphatic carbocycles. The normalized spacial score (nSPS) is 10.7. The lowest BCUT2D eigenvalue weighted by Gasteiger charge is -2.00. The number of nitrogens with zero attached hydrogens (tertiary/aromatic N) is 2. The van der Waals surface area contributed by atoms with Gasteiger partial charge in [-0.15, -0.1) is 0 Å². The molecule has 78 valence electrons. The van der Waals surface area contributed by atoms with Crippen molar-refractivity contribution in [1.29, 1.82) is 0 Å². The summed E-state index contributed by atoms with van der Waals surface area (Å²) in [5, 5.41) is 11.3. The maximum atomic E-state index is 12.2. The highest BCUT2D eigenvalue weighted by molar-refractivity contribution is 5.89. The molecule has 0 aliphatic heterocycles. The van der Waals surface area contributed by atoms with Crippen LogP contribution in [0.5, 0.6) is 0 Å². The van der Waals surface area contributed by atoms with Crippen molar-refractivity contribution in [2.45, 2.75) is 6.54 Å². The first-order valence-corrected chi connectivity index (χ1v) is 4.52. The second-order valence-electron chi connectivity index (χ2n) is 3.17. The predicted octanol–water partition coefficient (Wildman–Crippen LogP) is 2.52. The second kappa shape index (κ2) is 3.68. The highest BCUT2D eigenvalue weighted by Crippen LogP contribution is 2.25. The Hall–Kier alpha value is -1.91. The molecule has 2 aromatic rings. The number of aromatic nitrogens is 1. The molecule has 1 aromatic carbocycles. The molecule has 0 N–H and O–H groups in total. The van der Waals surface area contributed by atoms with Crippen LogP contribution in [0.25, 0.3) is 10.9 Å². The summed E-state index contributed by atoms with van der Waals surface area (Å²) < 4.78 is 13.9. The molecule has 0 fully saturated rings. The van der Waals surface area contributed by atoms with Gasteiger partial charge >= 0.3 is 0 Å². The summed E-state index contributed by atoms with van der Waals surface area (Å²) in [5.41, 5.74) is 0.756. The molecule has 0 bridgehead atoms. The number of rotatable bonds is 3. The number of aryl methyl sites for hydroxylation is 1. The number of hydrogen-bond donors (Lipinski definition) is 0. The van der Waals surface area contributed by atoms with Crippen LogP contribution in [0.3, 0.4) is 0 Å². The summed E-state index contributed by atoms with van der Waals surface area (Å²) in [7, 11) is 0. The molecule has 15 heavy (non-hydrogen) atoms. The van der Waals surface area contributed by atoms with Gasteiger partial charge in [0.2, 0.25) is 0 Å². The van der Waals surface area contributed by atoms with E-state index in [0.29, 0.717) is 10.9 Å². The Balaban J connectivity index is 2.63. The number of benzene rings is 1. The molecule has 0 saturated heterocycles. The van der Waals surface area contributed by atoms with Gasteiger partial charge in [-0.1, -0.05) is 6.07 Å². The van der Waals surface area contributed by atoms with Crippen LogP contribution < -0.4 is 0 Å². The molecule has 4 nitrogen and oxygen atoms in total. The summed E-state index contributed by atoms with van der Waals surface area (Å²) in [6.07, 6.45) is 1.66. The van der Waals surface area contributed by atoms with E-state index in [4.69, 9.17) is 0 Å². The first-order valence-electron chi connectivity index (χ1n) is 4.52. The first kappa shape index (κ1) is 9.64. The fraction of sp³-hybridized carbons (Fsp3) is 0.200. The number of nitro benzene ring substituents is 1. The summed E-state index contributed by atoms with van der Waals surface area (Å²) in [6.45, 7) is -0.253. The van der Waals surface area contributed by atoms with E-state index in [1.807, 2.05) is 0 Å². The Labute approximate surface area is 85.1 Å². The van der Waals surface area contributed by atoms with Crippen LogP contribution >= 0.6 is 0 Å². The van der Waals surface area contributed by atoms with Crippen molar-refractivity contribution in [3.8, 4) is 0 Å². The van der Waals surface area contributed by atoms with Crippen molar-refractivity contribution < 1.29 is 9.31 Å². The van der Waals surface area contributed by atoms with E-state index in [1.54, 1.807) is 29.0 Å². The van der Waals surface area contributed by atoms with Crippen LogP contribution in [-0.4, -0.2) is 16.2 Å². The standard InChI is InChI=1S/C10H9FN2O2/c11-5-7-12-6-4-8-9(12)2-1-3-10(8)13(14)15/h1-4,6H,5,7H2. The van der Waals surface area contributed by atoms with E-state index < -0.39 is 11.6 Å². The molecule has 0 radical (unpaired) electrons. The van der Waals surface area contributed by atoms with Gasteiger partial charge < -0.3 is 4.57 Å². The Kier molecular flexibility index (Phi) is 2.37. The van der Waals surface area contributed by atoms with Gasteiger partial charge in [-0.05, 0) is 12.1 Å². The Morgan fingerprint density at radius 2 is 2.20 bits per heavy atom. The van der Waals surface area contributed by atoms with Crippen LogP contribution in [0.1, 0.15) is 0 Å². The minimum absolute atomic E-state index is 0.0603. The third kappa shape index (κ3) is 1.56. The van der Waals surface area contributed by atoms with Crippen LogP contribution in [0.15, 0.2) is 30.5 Å². The molecule has 2 rings (SSSR count).